The monoisotopic (exact) mass is 372 g/mol. The van der Waals surface area contributed by atoms with Crippen LogP contribution in [0, 0.1) is 0 Å². The van der Waals surface area contributed by atoms with Crippen molar-refractivity contribution in [2.45, 2.75) is 6.18 Å². The van der Waals surface area contributed by atoms with E-state index >= 15 is 0 Å². The summed E-state index contributed by atoms with van der Waals surface area (Å²) in [6.07, 6.45) is -4.35. The van der Waals surface area contributed by atoms with Gasteiger partial charge >= 0.3 is 6.18 Å². The number of alkyl halides is 3. The fourth-order valence-corrected chi connectivity index (χ4v) is 3.08. The van der Waals surface area contributed by atoms with Gasteiger partial charge in [0.25, 0.3) is 0 Å². The first-order chi connectivity index (χ1) is 9.93. The van der Waals surface area contributed by atoms with Crippen molar-refractivity contribution < 1.29 is 13.2 Å². The lowest BCUT2D eigenvalue weighted by molar-refractivity contribution is -0.137. The van der Waals surface area contributed by atoms with E-state index in [-0.39, 0.29) is 0 Å². The molecule has 0 aliphatic rings. The van der Waals surface area contributed by atoms with Crippen LogP contribution in [0.5, 0.6) is 0 Å². The molecule has 3 aromatic rings. The molecular weight excluding hydrogens is 365 g/mol. The Balaban J connectivity index is 1.96. The highest BCUT2D eigenvalue weighted by Crippen LogP contribution is 2.35. The Kier molecular flexibility index (Phi) is 3.62. The van der Waals surface area contributed by atoms with Gasteiger partial charge in [0.2, 0.25) is 0 Å². The zero-order valence-corrected chi connectivity index (χ0v) is 12.8. The lowest BCUT2D eigenvalue weighted by atomic mass is 10.2. The summed E-state index contributed by atoms with van der Waals surface area (Å²) in [6, 6.07) is 11.1. The second-order valence-electron chi connectivity index (χ2n) is 4.30. The molecular formula is C14H8BrF3N2S. The number of aromatic nitrogens is 1. The summed E-state index contributed by atoms with van der Waals surface area (Å²) in [5, 5.41) is 3.65. The molecule has 0 amide bonds. The maximum atomic E-state index is 12.7. The van der Waals surface area contributed by atoms with Crippen LogP contribution in [0.2, 0.25) is 0 Å². The van der Waals surface area contributed by atoms with E-state index in [9.17, 15) is 13.2 Å². The minimum absolute atomic E-state index is 0.337. The molecule has 1 aromatic heterocycles. The van der Waals surface area contributed by atoms with Crippen molar-refractivity contribution in [3.05, 3.63) is 52.5 Å². The Morgan fingerprint density at radius 3 is 2.57 bits per heavy atom. The molecule has 0 spiro atoms. The average Bonchev–Trinajstić information content (AvgIpc) is 2.81. The standard InChI is InChI=1S/C14H8BrF3N2S/c15-9-3-1-2-4-10(9)19-13-20-11-7-8(14(16,17)18)5-6-12(11)21-13/h1-7H,(H,19,20). The molecule has 0 aliphatic heterocycles. The molecule has 1 N–H and O–H groups in total. The Morgan fingerprint density at radius 2 is 1.86 bits per heavy atom. The first kappa shape index (κ1) is 14.3. The lowest BCUT2D eigenvalue weighted by Gasteiger charge is -2.05. The van der Waals surface area contributed by atoms with Gasteiger partial charge in [-0.25, -0.2) is 4.98 Å². The predicted octanol–water partition coefficient (Wildman–Crippen LogP) is 5.82. The minimum Gasteiger partial charge on any atom is -0.331 e. The van der Waals surface area contributed by atoms with E-state index in [1.807, 2.05) is 24.3 Å². The van der Waals surface area contributed by atoms with Crippen molar-refractivity contribution in [1.29, 1.82) is 0 Å². The summed E-state index contributed by atoms with van der Waals surface area (Å²) in [7, 11) is 0. The van der Waals surface area contributed by atoms with Gasteiger partial charge in [0.1, 0.15) is 0 Å². The van der Waals surface area contributed by atoms with Crippen molar-refractivity contribution in [2.24, 2.45) is 0 Å². The van der Waals surface area contributed by atoms with E-state index in [0.29, 0.717) is 15.3 Å². The van der Waals surface area contributed by atoms with Crippen molar-refractivity contribution >= 4 is 48.3 Å². The molecule has 0 saturated heterocycles. The molecule has 21 heavy (non-hydrogen) atoms. The summed E-state index contributed by atoms with van der Waals surface area (Å²) in [5.41, 5.74) is 0.463. The fourth-order valence-electron chi connectivity index (χ4n) is 1.84. The van der Waals surface area contributed by atoms with E-state index in [0.717, 1.165) is 22.3 Å². The van der Waals surface area contributed by atoms with Crippen molar-refractivity contribution in [3.63, 3.8) is 0 Å². The van der Waals surface area contributed by atoms with Gasteiger partial charge in [-0.3, -0.25) is 0 Å². The molecule has 0 aliphatic carbocycles. The summed E-state index contributed by atoms with van der Waals surface area (Å²) in [6.45, 7) is 0. The summed E-state index contributed by atoms with van der Waals surface area (Å²) < 4.78 is 39.6. The molecule has 0 atom stereocenters. The zero-order chi connectivity index (χ0) is 15.0. The van der Waals surface area contributed by atoms with Gasteiger partial charge in [-0.15, -0.1) is 0 Å². The van der Waals surface area contributed by atoms with E-state index in [2.05, 4.69) is 26.2 Å². The van der Waals surface area contributed by atoms with Crippen LogP contribution in [0.3, 0.4) is 0 Å². The topological polar surface area (TPSA) is 24.9 Å². The normalized spacial score (nSPS) is 11.8. The molecule has 7 heteroatoms. The summed E-state index contributed by atoms with van der Waals surface area (Å²) >= 11 is 4.71. The third-order valence-corrected chi connectivity index (χ3v) is 4.47. The number of halogens is 4. The number of benzene rings is 2. The summed E-state index contributed by atoms with van der Waals surface area (Å²) in [5.74, 6) is 0. The highest BCUT2D eigenvalue weighted by molar-refractivity contribution is 9.10. The Bertz CT molecular complexity index is 798. The molecule has 2 aromatic carbocycles. The number of anilines is 2. The maximum absolute atomic E-state index is 12.7. The Hall–Kier alpha value is -1.60. The van der Waals surface area contributed by atoms with Crippen LogP contribution in [0.15, 0.2) is 46.9 Å². The van der Waals surface area contributed by atoms with Crippen molar-refractivity contribution in [3.8, 4) is 0 Å². The predicted molar refractivity (Wildman–Crippen MR) is 82.0 cm³/mol. The number of hydrogen-bond acceptors (Lipinski definition) is 3. The fraction of sp³-hybridized carbons (Fsp3) is 0.0714. The number of nitrogens with one attached hydrogen (secondary N) is 1. The van der Waals surface area contributed by atoms with Gasteiger partial charge < -0.3 is 5.32 Å². The van der Waals surface area contributed by atoms with Gasteiger partial charge in [0.05, 0.1) is 21.5 Å². The molecule has 0 fully saturated rings. The van der Waals surface area contributed by atoms with E-state index in [1.165, 1.54) is 17.4 Å². The van der Waals surface area contributed by atoms with Crippen LogP contribution >= 0.6 is 27.3 Å². The van der Waals surface area contributed by atoms with Crippen LogP contribution in [-0.4, -0.2) is 4.98 Å². The van der Waals surface area contributed by atoms with E-state index < -0.39 is 11.7 Å². The average molecular weight is 373 g/mol. The van der Waals surface area contributed by atoms with Gasteiger partial charge in [-0.05, 0) is 46.3 Å². The molecule has 0 unspecified atom stereocenters. The number of thiazole rings is 1. The number of rotatable bonds is 2. The maximum Gasteiger partial charge on any atom is 0.416 e. The van der Waals surface area contributed by atoms with Gasteiger partial charge in [-0.1, -0.05) is 23.5 Å². The summed E-state index contributed by atoms with van der Waals surface area (Å²) in [4.78, 5) is 4.21. The SMILES string of the molecule is FC(F)(F)c1ccc2sc(Nc3ccccc3Br)nc2c1. The smallest absolute Gasteiger partial charge is 0.331 e. The quantitative estimate of drug-likeness (QED) is 0.612. The zero-order valence-electron chi connectivity index (χ0n) is 10.4. The molecule has 0 radical (unpaired) electrons. The number of para-hydroxylation sites is 1. The Morgan fingerprint density at radius 1 is 1.10 bits per heavy atom. The van der Waals surface area contributed by atoms with Crippen LogP contribution in [0.4, 0.5) is 24.0 Å². The van der Waals surface area contributed by atoms with E-state index in [4.69, 9.17) is 0 Å². The molecule has 108 valence electrons. The first-order valence-corrected chi connectivity index (χ1v) is 7.54. The Labute approximate surface area is 130 Å². The molecule has 2 nitrogen and oxygen atoms in total. The van der Waals surface area contributed by atoms with Crippen LogP contribution in [-0.2, 0) is 6.18 Å². The third-order valence-electron chi connectivity index (χ3n) is 2.83. The minimum atomic E-state index is -4.35. The number of hydrogen-bond donors (Lipinski definition) is 1. The second-order valence-corrected chi connectivity index (χ2v) is 6.19. The number of fused-ring (bicyclic) bond motifs is 1. The first-order valence-electron chi connectivity index (χ1n) is 5.93. The van der Waals surface area contributed by atoms with Crippen molar-refractivity contribution in [2.75, 3.05) is 5.32 Å². The number of nitrogens with zero attached hydrogens (tertiary/aromatic N) is 1. The highest BCUT2D eigenvalue weighted by atomic mass is 79.9. The molecule has 1 heterocycles. The van der Waals surface area contributed by atoms with Crippen LogP contribution in [0.1, 0.15) is 5.56 Å². The lowest BCUT2D eigenvalue weighted by Crippen LogP contribution is -2.03. The van der Waals surface area contributed by atoms with Gasteiger partial charge in [-0.2, -0.15) is 13.2 Å². The van der Waals surface area contributed by atoms with Gasteiger partial charge in [0, 0.05) is 4.47 Å². The molecule has 0 saturated carbocycles. The van der Waals surface area contributed by atoms with Crippen LogP contribution in [0.25, 0.3) is 10.2 Å². The third kappa shape index (κ3) is 3.03. The van der Waals surface area contributed by atoms with E-state index in [1.54, 1.807) is 0 Å². The highest BCUT2D eigenvalue weighted by Gasteiger charge is 2.30. The van der Waals surface area contributed by atoms with Crippen molar-refractivity contribution in [1.82, 2.24) is 4.98 Å². The largest absolute Gasteiger partial charge is 0.416 e. The molecule has 0 bridgehead atoms. The van der Waals surface area contributed by atoms with Gasteiger partial charge in [0.15, 0.2) is 5.13 Å². The molecule has 3 rings (SSSR count). The second kappa shape index (κ2) is 5.31. The van der Waals surface area contributed by atoms with Crippen LogP contribution < -0.4 is 5.32 Å².